The molecule has 0 spiro atoms. The van der Waals surface area contributed by atoms with E-state index >= 15 is 0 Å². The lowest BCUT2D eigenvalue weighted by atomic mass is 10.0. The van der Waals surface area contributed by atoms with Crippen molar-refractivity contribution in [1.29, 1.82) is 0 Å². The number of nitrogens with one attached hydrogen (secondary N) is 1. The Bertz CT molecular complexity index is 654. The van der Waals surface area contributed by atoms with Crippen LogP contribution in [0.3, 0.4) is 0 Å². The topological polar surface area (TPSA) is 15.3 Å². The van der Waals surface area contributed by atoms with Gasteiger partial charge in [-0.3, -0.25) is 0 Å². The quantitative estimate of drug-likeness (QED) is 0.861. The minimum atomic E-state index is 0.777. The fourth-order valence-electron chi connectivity index (χ4n) is 2.75. The van der Waals surface area contributed by atoms with Gasteiger partial charge in [0.1, 0.15) is 0 Å². The largest absolute Gasteiger partial charge is 0.362 e. The Morgan fingerprint density at radius 3 is 2.59 bits per heavy atom. The van der Waals surface area contributed by atoms with Crippen LogP contribution < -0.4 is 5.32 Å². The molecule has 2 aromatic carbocycles. The van der Waals surface area contributed by atoms with Gasteiger partial charge in [0.2, 0.25) is 0 Å². The number of thiocarbonyl (C=S) groups is 1. The maximum Gasteiger partial charge on any atom is 0.169 e. The maximum absolute atomic E-state index is 5.90. The van der Waals surface area contributed by atoms with Crippen molar-refractivity contribution in [3.8, 4) is 0 Å². The summed E-state index contributed by atoms with van der Waals surface area (Å²) in [6.45, 7) is 2.74. The summed E-state index contributed by atoms with van der Waals surface area (Å²) in [6, 6.07) is 16.6. The molecule has 0 saturated carbocycles. The number of hydrogen-bond acceptors (Lipinski definition) is 1. The van der Waals surface area contributed by atoms with Gasteiger partial charge in [-0.25, -0.2) is 0 Å². The Labute approximate surface area is 142 Å². The van der Waals surface area contributed by atoms with Crippen molar-refractivity contribution < 1.29 is 0 Å². The van der Waals surface area contributed by atoms with Crippen LogP contribution in [0.4, 0.5) is 0 Å². The van der Waals surface area contributed by atoms with E-state index in [2.05, 4.69) is 46.6 Å². The third-order valence-electron chi connectivity index (χ3n) is 4.02. The number of rotatable bonds is 3. The van der Waals surface area contributed by atoms with Crippen molar-refractivity contribution in [2.45, 2.75) is 19.4 Å². The van der Waals surface area contributed by atoms with Crippen LogP contribution in [0, 0.1) is 0 Å². The van der Waals surface area contributed by atoms with Gasteiger partial charge in [0.25, 0.3) is 0 Å². The molecule has 0 fully saturated rings. The molecule has 1 aliphatic rings. The summed E-state index contributed by atoms with van der Waals surface area (Å²) in [6.07, 6.45) is 2.01. The van der Waals surface area contributed by atoms with Gasteiger partial charge < -0.3 is 10.2 Å². The van der Waals surface area contributed by atoms with E-state index in [1.165, 1.54) is 16.7 Å². The van der Waals surface area contributed by atoms with Crippen LogP contribution in [0.25, 0.3) is 0 Å². The Kier molecular flexibility index (Phi) is 4.96. The molecule has 0 atom stereocenters. The monoisotopic (exact) mass is 330 g/mol. The predicted molar refractivity (Wildman–Crippen MR) is 96.3 cm³/mol. The third kappa shape index (κ3) is 3.79. The third-order valence-corrected chi connectivity index (χ3v) is 4.68. The molecule has 1 N–H and O–H groups in total. The predicted octanol–water partition coefficient (Wildman–Crippen LogP) is 3.82. The maximum atomic E-state index is 5.90. The lowest BCUT2D eigenvalue weighted by Gasteiger charge is -2.31. The average Bonchev–Trinajstić information content (AvgIpc) is 2.56. The first-order valence-corrected chi connectivity index (χ1v) is 8.35. The first kappa shape index (κ1) is 15.3. The van der Waals surface area contributed by atoms with Gasteiger partial charge in [-0.1, -0.05) is 48.0 Å². The van der Waals surface area contributed by atoms with Gasteiger partial charge in [0.05, 0.1) is 0 Å². The van der Waals surface area contributed by atoms with Crippen molar-refractivity contribution in [3.05, 3.63) is 70.2 Å². The van der Waals surface area contributed by atoms with E-state index in [4.69, 9.17) is 23.8 Å². The molecular formula is C18H19ClN2S. The fraction of sp³-hybridized carbons (Fsp3) is 0.278. The van der Waals surface area contributed by atoms with Crippen LogP contribution in [0.5, 0.6) is 0 Å². The summed E-state index contributed by atoms with van der Waals surface area (Å²) in [5.74, 6) is 0. The van der Waals surface area contributed by atoms with Gasteiger partial charge >= 0.3 is 0 Å². The highest BCUT2D eigenvalue weighted by molar-refractivity contribution is 7.80. The number of halogens is 1. The van der Waals surface area contributed by atoms with Crippen LogP contribution in [-0.2, 0) is 19.4 Å². The van der Waals surface area contributed by atoms with Gasteiger partial charge in [-0.2, -0.15) is 0 Å². The highest BCUT2D eigenvalue weighted by Gasteiger charge is 2.17. The summed E-state index contributed by atoms with van der Waals surface area (Å²) in [5, 5.41) is 5.00. The Morgan fingerprint density at radius 2 is 1.82 bits per heavy atom. The molecule has 0 amide bonds. The highest BCUT2D eigenvalue weighted by Crippen LogP contribution is 2.18. The molecule has 2 aromatic rings. The highest BCUT2D eigenvalue weighted by atomic mass is 35.5. The SMILES string of the molecule is S=C(NCCc1ccc(Cl)cc1)N1CCc2ccccc2C1. The molecule has 22 heavy (non-hydrogen) atoms. The van der Waals surface area contributed by atoms with Crippen molar-refractivity contribution >= 4 is 28.9 Å². The lowest BCUT2D eigenvalue weighted by molar-refractivity contribution is 0.387. The number of benzene rings is 2. The number of hydrogen-bond donors (Lipinski definition) is 1. The molecule has 2 nitrogen and oxygen atoms in total. The summed E-state index contributed by atoms with van der Waals surface area (Å²) in [7, 11) is 0. The first-order valence-electron chi connectivity index (χ1n) is 7.56. The molecule has 0 bridgehead atoms. The molecule has 3 rings (SSSR count). The molecule has 0 saturated heterocycles. The zero-order valence-electron chi connectivity index (χ0n) is 12.4. The van der Waals surface area contributed by atoms with E-state index < -0.39 is 0 Å². The summed E-state index contributed by atoms with van der Waals surface area (Å²) in [4.78, 5) is 2.25. The Hall–Kier alpha value is -1.58. The molecule has 0 aromatic heterocycles. The van der Waals surface area contributed by atoms with Crippen LogP contribution in [0.15, 0.2) is 48.5 Å². The molecule has 1 heterocycles. The minimum Gasteiger partial charge on any atom is -0.362 e. The van der Waals surface area contributed by atoms with Gasteiger partial charge in [-0.15, -0.1) is 0 Å². The van der Waals surface area contributed by atoms with E-state index in [0.29, 0.717) is 0 Å². The Morgan fingerprint density at radius 1 is 1.09 bits per heavy atom. The first-order chi connectivity index (χ1) is 10.7. The summed E-state index contributed by atoms with van der Waals surface area (Å²) in [5.41, 5.74) is 4.10. The lowest BCUT2D eigenvalue weighted by Crippen LogP contribution is -2.43. The van der Waals surface area contributed by atoms with E-state index in [-0.39, 0.29) is 0 Å². The fourth-order valence-corrected chi connectivity index (χ4v) is 3.13. The zero-order chi connectivity index (χ0) is 15.4. The van der Waals surface area contributed by atoms with Crippen LogP contribution >= 0.6 is 23.8 Å². The standard InChI is InChI=1S/C18H19ClN2S/c19-17-7-5-14(6-8-17)9-11-20-18(22)21-12-10-15-3-1-2-4-16(15)13-21/h1-8H,9-13H2,(H,20,22). The number of fused-ring (bicyclic) bond motifs is 1. The normalized spacial score (nSPS) is 13.6. The zero-order valence-corrected chi connectivity index (χ0v) is 14.0. The number of nitrogens with zero attached hydrogens (tertiary/aromatic N) is 1. The van der Waals surface area contributed by atoms with Crippen LogP contribution in [-0.4, -0.2) is 23.1 Å². The molecule has 114 valence electrons. The summed E-state index contributed by atoms with van der Waals surface area (Å²) >= 11 is 11.4. The summed E-state index contributed by atoms with van der Waals surface area (Å²) < 4.78 is 0. The van der Waals surface area contributed by atoms with E-state index in [0.717, 1.165) is 42.6 Å². The van der Waals surface area contributed by atoms with Crippen LogP contribution in [0.2, 0.25) is 5.02 Å². The van der Waals surface area contributed by atoms with E-state index in [9.17, 15) is 0 Å². The molecule has 0 unspecified atom stereocenters. The molecule has 4 heteroatoms. The second-order valence-corrected chi connectivity index (χ2v) is 6.37. The Balaban J connectivity index is 1.50. The van der Waals surface area contributed by atoms with E-state index in [1.807, 2.05) is 12.1 Å². The van der Waals surface area contributed by atoms with Crippen molar-refractivity contribution in [3.63, 3.8) is 0 Å². The van der Waals surface area contributed by atoms with Crippen molar-refractivity contribution in [2.24, 2.45) is 0 Å². The minimum absolute atomic E-state index is 0.777. The van der Waals surface area contributed by atoms with Crippen molar-refractivity contribution in [2.75, 3.05) is 13.1 Å². The second kappa shape index (κ2) is 7.12. The van der Waals surface area contributed by atoms with E-state index in [1.54, 1.807) is 0 Å². The van der Waals surface area contributed by atoms with Gasteiger partial charge in [0, 0.05) is 24.7 Å². The molecular weight excluding hydrogens is 312 g/mol. The van der Waals surface area contributed by atoms with Gasteiger partial charge in [-0.05, 0) is 53.9 Å². The van der Waals surface area contributed by atoms with Gasteiger partial charge in [0.15, 0.2) is 5.11 Å². The average molecular weight is 331 g/mol. The van der Waals surface area contributed by atoms with Crippen LogP contribution in [0.1, 0.15) is 16.7 Å². The van der Waals surface area contributed by atoms with Crippen molar-refractivity contribution in [1.82, 2.24) is 10.2 Å². The molecule has 1 aliphatic heterocycles. The second-order valence-electron chi connectivity index (χ2n) is 5.55. The molecule has 0 radical (unpaired) electrons. The molecule has 0 aliphatic carbocycles. The smallest absolute Gasteiger partial charge is 0.169 e.